The Morgan fingerprint density at radius 3 is 2.73 bits per heavy atom. The quantitative estimate of drug-likeness (QED) is 0.789. The summed E-state index contributed by atoms with van der Waals surface area (Å²) in [4.78, 5) is 18.1. The van der Waals surface area contributed by atoms with E-state index in [1.54, 1.807) is 26.4 Å². The van der Waals surface area contributed by atoms with Crippen molar-refractivity contribution in [2.24, 2.45) is 5.92 Å². The third-order valence-electron chi connectivity index (χ3n) is 5.62. The number of carbonyl (C=O) groups is 1. The number of fused-ring (bicyclic) bond motifs is 2. The fourth-order valence-corrected chi connectivity index (χ4v) is 4.35. The molecule has 1 aromatic carbocycles. The molecule has 1 saturated carbocycles. The van der Waals surface area contributed by atoms with Crippen molar-refractivity contribution >= 4 is 29.0 Å². The lowest BCUT2D eigenvalue weighted by Gasteiger charge is -2.17. The Hall–Kier alpha value is -2.34. The number of hydrogen-bond donors (Lipinski definition) is 2. The Labute approximate surface area is 156 Å². The summed E-state index contributed by atoms with van der Waals surface area (Å²) in [5.41, 5.74) is 7.49. The van der Waals surface area contributed by atoms with Crippen molar-refractivity contribution in [2.75, 3.05) is 31.7 Å². The topological polar surface area (TPSA) is 71.2 Å². The molecule has 0 saturated heterocycles. The molecule has 1 amide bonds. The Kier molecular flexibility index (Phi) is 3.67. The molecule has 0 bridgehead atoms. The predicted molar refractivity (Wildman–Crippen MR) is 101 cm³/mol. The van der Waals surface area contributed by atoms with Gasteiger partial charge in [-0.3, -0.25) is 4.79 Å². The molecule has 2 aromatic rings. The van der Waals surface area contributed by atoms with Gasteiger partial charge in [0.05, 0.1) is 10.6 Å². The molecule has 2 unspecified atom stereocenters. The minimum atomic E-state index is -0.670. The number of hydrogen-bond acceptors (Lipinski definition) is 4. The SMILES string of the molecule is CC1CC12CNc1ncc(-c3ccc(N)c(C(=O)N(C)C)c3F)c(Cl)c12. The summed E-state index contributed by atoms with van der Waals surface area (Å²) in [5.74, 6) is 0.119. The van der Waals surface area contributed by atoms with E-state index < -0.39 is 11.7 Å². The summed E-state index contributed by atoms with van der Waals surface area (Å²) in [6.45, 7) is 2.98. The van der Waals surface area contributed by atoms with E-state index in [2.05, 4.69) is 17.2 Å². The van der Waals surface area contributed by atoms with Crippen molar-refractivity contribution in [3.05, 3.63) is 40.3 Å². The van der Waals surface area contributed by atoms with Crippen LogP contribution in [0.4, 0.5) is 15.9 Å². The average Bonchev–Trinajstić information content (AvgIpc) is 3.07. The first-order chi connectivity index (χ1) is 12.3. The van der Waals surface area contributed by atoms with Gasteiger partial charge >= 0.3 is 0 Å². The Bertz CT molecular complexity index is 946. The molecular formula is C19H20ClFN4O. The molecule has 2 heterocycles. The van der Waals surface area contributed by atoms with Crippen LogP contribution in [0.25, 0.3) is 11.1 Å². The van der Waals surface area contributed by atoms with Gasteiger partial charge in [0.1, 0.15) is 11.6 Å². The van der Waals surface area contributed by atoms with Gasteiger partial charge in [-0.05, 0) is 24.5 Å². The lowest BCUT2D eigenvalue weighted by Crippen LogP contribution is -2.24. The highest BCUT2D eigenvalue weighted by Gasteiger charge is 2.57. The number of nitrogens with two attached hydrogens (primary N) is 1. The van der Waals surface area contributed by atoms with Gasteiger partial charge in [-0.1, -0.05) is 18.5 Å². The predicted octanol–water partition coefficient (Wildman–Crippen LogP) is 3.53. The van der Waals surface area contributed by atoms with Crippen LogP contribution in [0.15, 0.2) is 18.3 Å². The zero-order chi connectivity index (χ0) is 18.8. The molecule has 4 rings (SSSR count). The number of anilines is 2. The van der Waals surface area contributed by atoms with Gasteiger partial charge in [-0.15, -0.1) is 0 Å². The summed E-state index contributed by atoms with van der Waals surface area (Å²) in [6.07, 6.45) is 2.59. The molecule has 7 heteroatoms. The van der Waals surface area contributed by atoms with E-state index >= 15 is 4.39 Å². The summed E-state index contributed by atoms with van der Waals surface area (Å²) in [6, 6.07) is 3.09. The fourth-order valence-electron chi connectivity index (χ4n) is 3.92. The van der Waals surface area contributed by atoms with E-state index in [-0.39, 0.29) is 22.2 Å². The Balaban J connectivity index is 1.90. The number of rotatable bonds is 2. The number of halogens is 2. The smallest absolute Gasteiger partial charge is 0.258 e. The van der Waals surface area contributed by atoms with Crippen LogP contribution in [0.3, 0.4) is 0 Å². The fraction of sp³-hybridized carbons (Fsp3) is 0.368. The molecule has 0 radical (unpaired) electrons. The first-order valence-corrected chi connectivity index (χ1v) is 8.88. The second-order valence-corrected chi connectivity index (χ2v) is 7.79. The highest BCUT2D eigenvalue weighted by atomic mass is 35.5. The zero-order valence-corrected chi connectivity index (χ0v) is 15.6. The van der Waals surface area contributed by atoms with E-state index in [1.807, 2.05) is 0 Å². The summed E-state index contributed by atoms with van der Waals surface area (Å²) < 4.78 is 15.2. The van der Waals surface area contributed by atoms with Crippen LogP contribution in [0, 0.1) is 11.7 Å². The largest absolute Gasteiger partial charge is 0.398 e. The van der Waals surface area contributed by atoms with E-state index in [1.165, 1.54) is 11.0 Å². The average molecular weight is 375 g/mol. The van der Waals surface area contributed by atoms with Crippen LogP contribution < -0.4 is 11.1 Å². The molecule has 1 fully saturated rings. The Morgan fingerprint density at radius 2 is 2.12 bits per heavy atom. The number of amides is 1. The van der Waals surface area contributed by atoms with Crippen molar-refractivity contribution < 1.29 is 9.18 Å². The normalized spacial score (nSPS) is 22.9. The van der Waals surface area contributed by atoms with Crippen LogP contribution in [0.2, 0.25) is 5.02 Å². The van der Waals surface area contributed by atoms with E-state index in [9.17, 15) is 4.79 Å². The lowest BCUT2D eigenvalue weighted by atomic mass is 9.93. The van der Waals surface area contributed by atoms with E-state index in [0.29, 0.717) is 16.5 Å². The monoisotopic (exact) mass is 374 g/mol. The van der Waals surface area contributed by atoms with Gasteiger partial charge in [0.25, 0.3) is 5.91 Å². The molecule has 136 valence electrons. The number of nitrogens with zero attached hydrogens (tertiary/aromatic N) is 2. The second-order valence-electron chi connectivity index (χ2n) is 7.42. The van der Waals surface area contributed by atoms with Crippen molar-refractivity contribution in [3.63, 3.8) is 0 Å². The zero-order valence-electron chi connectivity index (χ0n) is 14.9. The van der Waals surface area contributed by atoms with Gasteiger partial charge in [-0.2, -0.15) is 0 Å². The molecule has 2 aliphatic rings. The third-order valence-corrected chi connectivity index (χ3v) is 6.02. The van der Waals surface area contributed by atoms with Crippen LogP contribution in [0.1, 0.15) is 29.3 Å². The van der Waals surface area contributed by atoms with Crippen LogP contribution in [-0.2, 0) is 5.41 Å². The number of nitrogens with one attached hydrogen (secondary N) is 1. The minimum Gasteiger partial charge on any atom is -0.398 e. The van der Waals surface area contributed by atoms with Gasteiger partial charge in [0.15, 0.2) is 0 Å². The molecule has 1 aliphatic heterocycles. The molecule has 1 spiro atoms. The first kappa shape index (κ1) is 17.1. The van der Waals surface area contributed by atoms with Crippen molar-refractivity contribution in [1.82, 2.24) is 9.88 Å². The maximum absolute atomic E-state index is 15.2. The maximum atomic E-state index is 15.2. The van der Waals surface area contributed by atoms with Crippen LogP contribution >= 0.6 is 11.6 Å². The number of aromatic nitrogens is 1. The summed E-state index contributed by atoms with van der Waals surface area (Å²) in [7, 11) is 3.11. The summed E-state index contributed by atoms with van der Waals surface area (Å²) in [5, 5.41) is 3.80. The van der Waals surface area contributed by atoms with Gasteiger partial charge < -0.3 is 16.0 Å². The highest BCUT2D eigenvalue weighted by Crippen LogP contribution is 2.61. The van der Waals surface area contributed by atoms with Crippen molar-refractivity contribution in [2.45, 2.75) is 18.8 Å². The lowest BCUT2D eigenvalue weighted by molar-refractivity contribution is 0.0824. The highest BCUT2D eigenvalue weighted by molar-refractivity contribution is 6.34. The Morgan fingerprint density at radius 1 is 1.42 bits per heavy atom. The second kappa shape index (κ2) is 5.58. The van der Waals surface area contributed by atoms with Crippen molar-refractivity contribution in [1.29, 1.82) is 0 Å². The van der Waals surface area contributed by atoms with Gasteiger partial charge in [-0.25, -0.2) is 9.37 Å². The third kappa shape index (κ3) is 2.21. The first-order valence-electron chi connectivity index (χ1n) is 8.50. The molecule has 26 heavy (non-hydrogen) atoms. The molecule has 3 N–H and O–H groups in total. The van der Waals surface area contributed by atoms with E-state index in [4.69, 9.17) is 17.3 Å². The van der Waals surface area contributed by atoms with Crippen molar-refractivity contribution in [3.8, 4) is 11.1 Å². The van der Waals surface area contributed by atoms with Gasteiger partial charge in [0.2, 0.25) is 0 Å². The summed E-state index contributed by atoms with van der Waals surface area (Å²) >= 11 is 6.71. The molecule has 2 atom stereocenters. The molecular weight excluding hydrogens is 355 g/mol. The van der Waals surface area contributed by atoms with Gasteiger partial charge in [0, 0.05) is 54.6 Å². The van der Waals surface area contributed by atoms with Crippen LogP contribution in [0.5, 0.6) is 0 Å². The number of nitrogen functional groups attached to an aromatic ring is 1. The molecule has 5 nitrogen and oxygen atoms in total. The number of pyridine rings is 1. The molecule has 1 aliphatic carbocycles. The maximum Gasteiger partial charge on any atom is 0.258 e. The molecule has 1 aromatic heterocycles. The number of carbonyl (C=O) groups excluding carboxylic acids is 1. The van der Waals surface area contributed by atoms with Crippen LogP contribution in [-0.4, -0.2) is 36.4 Å². The van der Waals surface area contributed by atoms with E-state index in [0.717, 1.165) is 24.3 Å². The number of benzene rings is 1. The standard InChI is InChI=1S/C19H20ClFN4O/c1-9-6-19(9)8-24-17-14(19)15(20)11(7-23-17)10-4-5-12(22)13(16(10)21)18(26)25(2)3/h4-5,7,9H,6,8,22H2,1-3H3,(H,23,24). The minimum absolute atomic E-state index is 0.0119.